The van der Waals surface area contributed by atoms with E-state index in [2.05, 4.69) is 20.2 Å². The number of amides is 1. The zero-order chi connectivity index (χ0) is 20.6. The second kappa shape index (κ2) is 7.64. The summed E-state index contributed by atoms with van der Waals surface area (Å²) in [6.45, 7) is 8.44. The summed E-state index contributed by atoms with van der Waals surface area (Å²) in [5.41, 5.74) is 2.06. The highest BCUT2D eigenvalue weighted by Gasteiger charge is 2.41. The molecule has 2 N–H and O–H groups in total. The van der Waals surface area contributed by atoms with E-state index in [0.29, 0.717) is 18.7 Å². The van der Waals surface area contributed by atoms with Crippen LogP contribution >= 0.6 is 0 Å². The van der Waals surface area contributed by atoms with Gasteiger partial charge in [-0.1, -0.05) is 0 Å². The first kappa shape index (κ1) is 20.5. The third-order valence-corrected chi connectivity index (χ3v) is 6.55. The smallest absolute Gasteiger partial charge is 0.280 e. The van der Waals surface area contributed by atoms with E-state index < -0.39 is 22.3 Å². The van der Waals surface area contributed by atoms with Crippen molar-refractivity contribution in [1.82, 2.24) is 28.6 Å². The zero-order valence-electron chi connectivity index (χ0n) is 16.7. The van der Waals surface area contributed by atoms with Gasteiger partial charge >= 0.3 is 0 Å². The molecule has 28 heavy (non-hydrogen) atoms. The van der Waals surface area contributed by atoms with Gasteiger partial charge in [-0.15, -0.1) is 0 Å². The largest absolute Gasteiger partial charge is 0.322 e. The van der Waals surface area contributed by atoms with E-state index in [9.17, 15) is 13.2 Å². The van der Waals surface area contributed by atoms with Gasteiger partial charge in [-0.3, -0.25) is 14.2 Å². The molecule has 0 aromatic carbocycles. The number of rotatable bonds is 5. The summed E-state index contributed by atoms with van der Waals surface area (Å²) in [5, 5.41) is 11.4. The lowest BCUT2D eigenvalue weighted by atomic mass is 10.00. The highest BCUT2D eigenvalue weighted by atomic mass is 32.2. The van der Waals surface area contributed by atoms with E-state index in [1.807, 2.05) is 33.9 Å². The number of aryl methyl sites for hydroxylation is 2. The van der Waals surface area contributed by atoms with Crippen LogP contribution in [0.4, 0.5) is 5.69 Å². The Labute approximate surface area is 165 Å². The van der Waals surface area contributed by atoms with Crippen molar-refractivity contribution in [2.75, 3.05) is 12.4 Å². The lowest BCUT2D eigenvalue weighted by Crippen LogP contribution is -2.56. The molecule has 0 saturated carbocycles. The molecule has 2 aromatic rings. The molecule has 1 aliphatic heterocycles. The summed E-state index contributed by atoms with van der Waals surface area (Å²) in [4.78, 5) is 12.9. The average Bonchev–Trinajstić information content (AvgIpc) is 3.23. The predicted octanol–water partition coefficient (Wildman–Crippen LogP) is 1.21. The average molecular weight is 410 g/mol. The van der Waals surface area contributed by atoms with Crippen LogP contribution in [0.2, 0.25) is 0 Å². The summed E-state index contributed by atoms with van der Waals surface area (Å²) in [6.07, 6.45) is 5.41. The van der Waals surface area contributed by atoms with Crippen LogP contribution in [0, 0.1) is 6.92 Å². The van der Waals surface area contributed by atoms with E-state index >= 15 is 0 Å². The number of anilines is 1. The van der Waals surface area contributed by atoms with Crippen LogP contribution < -0.4 is 10.0 Å². The fraction of sp³-hybridized carbons (Fsp3) is 0.588. The standard InChI is InChI=1S/C17H27N7O3S/c1-6-23-10-14(12(4)20-23)15-7-16(22(5)28(26,27)21-15)17(25)19-13-8-18-24(9-13)11(2)3/h8-11,15-16,21H,6-7H2,1-5H3,(H,19,25)/t15-,16+/m0/s1. The minimum Gasteiger partial charge on any atom is -0.322 e. The van der Waals surface area contributed by atoms with Gasteiger partial charge < -0.3 is 5.32 Å². The van der Waals surface area contributed by atoms with Gasteiger partial charge in [0.1, 0.15) is 6.04 Å². The van der Waals surface area contributed by atoms with Crippen LogP contribution in [0.15, 0.2) is 18.6 Å². The van der Waals surface area contributed by atoms with Crippen molar-refractivity contribution in [3.8, 4) is 0 Å². The highest BCUT2D eigenvalue weighted by Crippen LogP contribution is 2.30. The topological polar surface area (TPSA) is 114 Å². The normalized spacial score (nSPS) is 22.5. The maximum absolute atomic E-state index is 12.9. The molecular formula is C17H27N7O3S. The van der Waals surface area contributed by atoms with Crippen LogP contribution in [0.1, 0.15) is 50.5 Å². The molecule has 1 amide bonds. The van der Waals surface area contributed by atoms with Gasteiger partial charge in [-0.2, -0.15) is 27.6 Å². The van der Waals surface area contributed by atoms with Gasteiger partial charge in [0, 0.05) is 37.6 Å². The molecule has 1 fully saturated rings. The molecule has 0 spiro atoms. The monoisotopic (exact) mass is 409 g/mol. The molecule has 0 aliphatic carbocycles. The summed E-state index contributed by atoms with van der Waals surface area (Å²) in [7, 11) is -2.40. The first-order valence-electron chi connectivity index (χ1n) is 9.26. The van der Waals surface area contributed by atoms with Crippen LogP contribution in [-0.4, -0.2) is 51.3 Å². The Morgan fingerprint density at radius 2 is 2.11 bits per heavy atom. The number of hydrogen-bond donors (Lipinski definition) is 2. The molecule has 0 unspecified atom stereocenters. The Morgan fingerprint density at radius 3 is 2.68 bits per heavy atom. The number of aromatic nitrogens is 4. The van der Waals surface area contributed by atoms with E-state index in [4.69, 9.17) is 0 Å². The second-order valence-electron chi connectivity index (χ2n) is 7.26. The SMILES string of the molecule is CCn1cc([C@@H]2C[C@H](C(=O)Nc3cnn(C(C)C)c3)N(C)S(=O)(=O)N2)c(C)n1. The maximum atomic E-state index is 12.9. The summed E-state index contributed by atoms with van der Waals surface area (Å²) in [5.74, 6) is -0.388. The van der Waals surface area contributed by atoms with Crippen LogP contribution in [0.5, 0.6) is 0 Å². The maximum Gasteiger partial charge on any atom is 0.280 e. The van der Waals surface area contributed by atoms with Crippen molar-refractivity contribution < 1.29 is 13.2 Å². The molecule has 154 valence electrons. The Balaban J connectivity index is 1.83. The van der Waals surface area contributed by atoms with Gasteiger partial charge in [0.25, 0.3) is 10.2 Å². The Hall–Kier alpha value is -2.24. The number of nitrogens with one attached hydrogen (secondary N) is 2. The van der Waals surface area contributed by atoms with Crippen molar-refractivity contribution in [3.63, 3.8) is 0 Å². The number of carbonyl (C=O) groups is 1. The molecule has 3 heterocycles. The first-order valence-corrected chi connectivity index (χ1v) is 10.7. The minimum absolute atomic E-state index is 0.162. The van der Waals surface area contributed by atoms with Crippen molar-refractivity contribution in [2.24, 2.45) is 0 Å². The van der Waals surface area contributed by atoms with Gasteiger partial charge in [-0.25, -0.2) is 0 Å². The Morgan fingerprint density at radius 1 is 1.39 bits per heavy atom. The predicted molar refractivity (Wildman–Crippen MR) is 105 cm³/mol. The number of likely N-dealkylation sites (N-methyl/N-ethyl adjacent to an activating group) is 1. The van der Waals surface area contributed by atoms with Crippen molar-refractivity contribution in [1.29, 1.82) is 0 Å². The second-order valence-corrected chi connectivity index (χ2v) is 9.02. The lowest BCUT2D eigenvalue weighted by Gasteiger charge is -2.35. The third-order valence-electron chi connectivity index (χ3n) is 4.95. The quantitative estimate of drug-likeness (QED) is 0.770. The molecule has 11 heteroatoms. The molecule has 0 bridgehead atoms. The molecule has 1 saturated heterocycles. The van der Waals surface area contributed by atoms with Crippen LogP contribution in [-0.2, 0) is 21.5 Å². The summed E-state index contributed by atoms with van der Waals surface area (Å²) >= 11 is 0. The van der Waals surface area contributed by atoms with Gasteiger partial charge in [0.15, 0.2) is 0 Å². The lowest BCUT2D eigenvalue weighted by molar-refractivity contribution is -0.120. The van der Waals surface area contributed by atoms with Gasteiger partial charge in [0.05, 0.1) is 23.6 Å². The first-order chi connectivity index (χ1) is 13.1. The molecule has 2 aromatic heterocycles. The Kier molecular flexibility index (Phi) is 5.60. The minimum atomic E-state index is -3.80. The number of hydrogen-bond acceptors (Lipinski definition) is 5. The molecule has 0 radical (unpaired) electrons. The van der Waals surface area contributed by atoms with Crippen LogP contribution in [0.25, 0.3) is 0 Å². The number of carbonyl (C=O) groups excluding carboxylic acids is 1. The fourth-order valence-corrected chi connectivity index (χ4v) is 4.53. The van der Waals surface area contributed by atoms with Crippen LogP contribution in [0.3, 0.4) is 0 Å². The molecule has 2 atom stereocenters. The molecule has 1 aliphatic rings. The molecule has 10 nitrogen and oxygen atoms in total. The zero-order valence-corrected chi connectivity index (χ0v) is 17.6. The highest BCUT2D eigenvalue weighted by molar-refractivity contribution is 7.87. The molecular weight excluding hydrogens is 382 g/mol. The van der Waals surface area contributed by atoms with E-state index in [1.165, 1.54) is 7.05 Å². The van der Waals surface area contributed by atoms with Crippen molar-refractivity contribution in [3.05, 3.63) is 29.8 Å². The fourth-order valence-electron chi connectivity index (χ4n) is 3.26. The Bertz CT molecular complexity index is 963. The summed E-state index contributed by atoms with van der Waals surface area (Å²) in [6, 6.07) is -1.20. The van der Waals surface area contributed by atoms with Crippen molar-refractivity contribution >= 4 is 21.8 Å². The van der Waals surface area contributed by atoms with Crippen molar-refractivity contribution in [2.45, 2.75) is 58.8 Å². The summed E-state index contributed by atoms with van der Waals surface area (Å²) < 4.78 is 32.4. The number of nitrogens with zero attached hydrogens (tertiary/aromatic N) is 5. The van der Waals surface area contributed by atoms with E-state index in [0.717, 1.165) is 15.6 Å². The molecule has 3 rings (SSSR count). The van der Waals surface area contributed by atoms with E-state index in [-0.39, 0.29) is 11.9 Å². The van der Waals surface area contributed by atoms with E-state index in [1.54, 1.807) is 21.8 Å². The van der Waals surface area contributed by atoms with Gasteiger partial charge in [0.2, 0.25) is 5.91 Å². The van der Waals surface area contributed by atoms with Gasteiger partial charge in [-0.05, 0) is 34.1 Å². The third kappa shape index (κ3) is 3.96.